The first-order valence-corrected chi connectivity index (χ1v) is 8.40. The highest BCUT2D eigenvalue weighted by atomic mass is 32.1. The molecule has 0 aliphatic carbocycles. The lowest BCUT2D eigenvalue weighted by Gasteiger charge is -2.29. The Labute approximate surface area is 146 Å². The largest absolute Gasteiger partial charge is 0.380 e. The number of nitrogens with zero attached hydrogens (tertiary/aromatic N) is 4. The van der Waals surface area contributed by atoms with Gasteiger partial charge in [0.05, 0.1) is 26.4 Å². The molecule has 3 heterocycles. The van der Waals surface area contributed by atoms with Gasteiger partial charge in [0.15, 0.2) is 10.9 Å². The molecule has 2 fully saturated rings. The first-order valence-electron chi connectivity index (χ1n) is 7.99. The zero-order valence-corrected chi connectivity index (χ0v) is 14.3. The van der Waals surface area contributed by atoms with Crippen LogP contribution in [-0.2, 0) is 9.47 Å². The molecule has 0 amide bonds. The van der Waals surface area contributed by atoms with Crippen molar-refractivity contribution in [3.8, 4) is 0 Å². The number of pyridine rings is 1. The normalized spacial score (nSPS) is 19.2. The predicted molar refractivity (Wildman–Crippen MR) is 96.1 cm³/mol. The van der Waals surface area contributed by atoms with Gasteiger partial charge < -0.3 is 25.0 Å². The van der Waals surface area contributed by atoms with Gasteiger partial charge >= 0.3 is 0 Å². The van der Waals surface area contributed by atoms with Gasteiger partial charge in [-0.25, -0.2) is 0 Å². The molecule has 130 valence electrons. The van der Waals surface area contributed by atoms with Crippen LogP contribution in [0.2, 0.25) is 0 Å². The number of aromatic nitrogens is 1. The van der Waals surface area contributed by atoms with Crippen LogP contribution in [0.25, 0.3) is 0 Å². The number of hydrogen-bond acceptors (Lipinski definition) is 6. The Morgan fingerprint density at radius 1 is 1.17 bits per heavy atom. The maximum Gasteiger partial charge on any atom is 0.189 e. The SMILES string of the molecule is N/C(=N\NC(=S)N1CCOCC1)c1cc(N2CCOCC2)ccn1. The number of thiocarbonyl (C=S) groups is 1. The highest BCUT2D eigenvalue weighted by molar-refractivity contribution is 7.80. The van der Waals surface area contributed by atoms with Crippen LogP contribution in [0.15, 0.2) is 23.4 Å². The van der Waals surface area contributed by atoms with E-state index < -0.39 is 0 Å². The van der Waals surface area contributed by atoms with E-state index in [0.29, 0.717) is 29.9 Å². The van der Waals surface area contributed by atoms with E-state index in [1.54, 1.807) is 6.20 Å². The first kappa shape index (κ1) is 16.9. The number of hydrogen-bond donors (Lipinski definition) is 2. The van der Waals surface area contributed by atoms with Crippen LogP contribution < -0.4 is 16.1 Å². The molecule has 3 rings (SSSR count). The van der Waals surface area contributed by atoms with Crippen molar-refractivity contribution in [3.05, 3.63) is 24.0 Å². The van der Waals surface area contributed by atoms with Crippen LogP contribution in [-0.4, -0.2) is 73.4 Å². The molecule has 0 saturated carbocycles. The molecule has 0 aromatic carbocycles. The topological polar surface area (TPSA) is 88.2 Å². The van der Waals surface area contributed by atoms with E-state index in [1.165, 1.54) is 0 Å². The minimum absolute atomic E-state index is 0.306. The van der Waals surface area contributed by atoms with Crippen molar-refractivity contribution >= 4 is 28.9 Å². The van der Waals surface area contributed by atoms with Gasteiger partial charge in [0.1, 0.15) is 5.69 Å². The molecule has 8 nitrogen and oxygen atoms in total. The second-order valence-corrected chi connectivity index (χ2v) is 5.90. The Balaban J connectivity index is 1.63. The minimum atomic E-state index is 0.306. The summed E-state index contributed by atoms with van der Waals surface area (Å²) in [5.74, 6) is 0.306. The van der Waals surface area contributed by atoms with Crippen molar-refractivity contribution in [2.75, 3.05) is 57.5 Å². The van der Waals surface area contributed by atoms with Gasteiger partial charge in [0, 0.05) is 38.1 Å². The molecule has 0 bridgehead atoms. The van der Waals surface area contributed by atoms with Crippen molar-refractivity contribution in [2.24, 2.45) is 10.8 Å². The molecule has 0 unspecified atom stereocenters. The molecular formula is C15H22N6O2S. The van der Waals surface area contributed by atoms with Crippen molar-refractivity contribution in [2.45, 2.75) is 0 Å². The summed E-state index contributed by atoms with van der Waals surface area (Å²) in [6.07, 6.45) is 1.74. The first-order chi connectivity index (χ1) is 11.7. The summed E-state index contributed by atoms with van der Waals surface area (Å²) in [5, 5.41) is 4.72. The number of rotatable bonds is 3. The molecule has 1 aromatic rings. The average Bonchev–Trinajstić information content (AvgIpc) is 2.67. The molecular weight excluding hydrogens is 328 g/mol. The lowest BCUT2D eigenvalue weighted by Crippen LogP contribution is -2.45. The van der Waals surface area contributed by atoms with Crippen LogP contribution in [0.1, 0.15) is 5.69 Å². The third-order valence-electron chi connectivity index (χ3n) is 3.95. The molecule has 9 heteroatoms. The summed E-state index contributed by atoms with van der Waals surface area (Å²) in [4.78, 5) is 8.54. The van der Waals surface area contributed by atoms with E-state index in [9.17, 15) is 0 Å². The highest BCUT2D eigenvalue weighted by Gasteiger charge is 2.14. The number of nitrogens with two attached hydrogens (primary N) is 1. The smallest absolute Gasteiger partial charge is 0.189 e. The van der Waals surface area contributed by atoms with Crippen LogP contribution in [0.4, 0.5) is 5.69 Å². The fourth-order valence-corrected chi connectivity index (χ4v) is 2.81. The zero-order chi connectivity index (χ0) is 16.8. The highest BCUT2D eigenvalue weighted by Crippen LogP contribution is 2.15. The van der Waals surface area contributed by atoms with Crippen LogP contribution in [0, 0.1) is 0 Å². The molecule has 0 radical (unpaired) electrons. The van der Waals surface area contributed by atoms with Crippen LogP contribution >= 0.6 is 12.2 Å². The summed E-state index contributed by atoms with van der Waals surface area (Å²) < 4.78 is 10.7. The standard InChI is InChI=1S/C15H22N6O2S/c16-14(18-19-15(24)21-5-9-23-10-6-21)13-11-12(1-2-17-13)20-3-7-22-8-4-20/h1-2,11H,3-10H2,(H2,16,18)(H,19,24). The Hall–Kier alpha value is -1.97. The Morgan fingerprint density at radius 2 is 1.83 bits per heavy atom. The number of hydrazone groups is 1. The number of morpholine rings is 2. The Kier molecular flexibility index (Phi) is 5.78. The number of anilines is 1. The third-order valence-corrected chi connectivity index (χ3v) is 4.30. The molecule has 2 aliphatic rings. The second kappa shape index (κ2) is 8.22. The number of amidine groups is 1. The zero-order valence-electron chi connectivity index (χ0n) is 13.5. The van der Waals surface area contributed by atoms with Crippen LogP contribution in [0.5, 0.6) is 0 Å². The summed E-state index contributed by atoms with van der Waals surface area (Å²) in [6.45, 7) is 6.04. The molecule has 1 aromatic heterocycles. The van der Waals surface area contributed by atoms with Crippen molar-refractivity contribution < 1.29 is 9.47 Å². The second-order valence-electron chi connectivity index (χ2n) is 5.51. The number of ether oxygens (including phenoxy) is 2. The molecule has 2 aliphatic heterocycles. The maximum absolute atomic E-state index is 6.05. The van der Waals surface area contributed by atoms with Gasteiger partial charge in [0.2, 0.25) is 0 Å². The van der Waals surface area contributed by atoms with E-state index in [0.717, 1.165) is 45.1 Å². The summed E-state index contributed by atoms with van der Waals surface area (Å²) in [7, 11) is 0. The average molecular weight is 350 g/mol. The lowest BCUT2D eigenvalue weighted by atomic mass is 10.2. The van der Waals surface area contributed by atoms with E-state index in [-0.39, 0.29) is 0 Å². The van der Waals surface area contributed by atoms with Crippen LogP contribution in [0.3, 0.4) is 0 Å². The third kappa shape index (κ3) is 4.31. The molecule has 24 heavy (non-hydrogen) atoms. The Morgan fingerprint density at radius 3 is 2.54 bits per heavy atom. The van der Waals surface area contributed by atoms with Gasteiger partial charge in [-0.3, -0.25) is 10.4 Å². The van der Waals surface area contributed by atoms with E-state index in [2.05, 4.69) is 20.4 Å². The fraction of sp³-hybridized carbons (Fsp3) is 0.533. The quantitative estimate of drug-likeness (QED) is 0.334. The fourth-order valence-electron chi connectivity index (χ4n) is 2.58. The lowest BCUT2D eigenvalue weighted by molar-refractivity contribution is 0.0677. The molecule has 0 spiro atoms. The van der Waals surface area contributed by atoms with E-state index >= 15 is 0 Å². The van der Waals surface area contributed by atoms with Gasteiger partial charge in [-0.15, -0.1) is 0 Å². The predicted octanol–water partition coefficient (Wildman–Crippen LogP) is -0.255. The van der Waals surface area contributed by atoms with E-state index in [4.69, 9.17) is 27.4 Å². The molecule has 2 saturated heterocycles. The summed E-state index contributed by atoms with van der Waals surface area (Å²) in [5.41, 5.74) is 10.6. The Bertz CT molecular complexity index is 599. The summed E-state index contributed by atoms with van der Waals surface area (Å²) >= 11 is 5.32. The molecule has 3 N–H and O–H groups in total. The van der Waals surface area contributed by atoms with E-state index in [1.807, 2.05) is 17.0 Å². The van der Waals surface area contributed by atoms with Gasteiger partial charge in [-0.1, -0.05) is 0 Å². The van der Waals surface area contributed by atoms with Crippen molar-refractivity contribution in [3.63, 3.8) is 0 Å². The number of nitrogens with one attached hydrogen (secondary N) is 1. The minimum Gasteiger partial charge on any atom is -0.380 e. The molecule has 0 atom stereocenters. The maximum atomic E-state index is 6.05. The van der Waals surface area contributed by atoms with Crippen molar-refractivity contribution in [1.29, 1.82) is 0 Å². The monoisotopic (exact) mass is 350 g/mol. The van der Waals surface area contributed by atoms with Crippen molar-refractivity contribution in [1.82, 2.24) is 15.3 Å². The van der Waals surface area contributed by atoms with Gasteiger partial charge in [0.25, 0.3) is 0 Å². The summed E-state index contributed by atoms with van der Waals surface area (Å²) in [6, 6.07) is 3.90. The van der Waals surface area contributed by atoms with Gasteiger partial charge in [-0.2, -0.15) is 5.10 Å². The van der Waals surface area contributed by atoms with Gasteiger partial charge in [-0.05, 0) is 24.4 Å².